The summed E-state index contributed by atoms with van der Waals surface area (Å²) in [4.78, 5) is 12.1. The molecule has 5 nitrogen and oxygen atoms in total. The first-order valence-corrected chi connectivity index (χ1v) is 7.67. The molecule has 1 N–H and O–H groups in total. The summed E-state index contributed by atoms with van der Waals surface area (Å²) < 4.78 is 10.6. The van der Waals surface area contributed by atoms with Crippen molar-refractivity contribution in [3.05, 3.63) is 57.6 Å². The number of benzene rings is 2. The number of hydrazone groups is 1. The fourth-order valence-electron chi connectivity index (χ4n) is 2.25. The number of halogens is 1. The van der Waals surface area contributed by atoms with Gasteiger partial charge in [0.1, 0.15) is 11.5 Å². The highest BCUT2D eigenvalue weighted by atomic mass is 35.5. The second-order valence-electron chi connectivity index (χ2n) is 5.18. The first-order chi connectivity index (χ1) is 11.5. The first-order valence-electron chi connectivity index (χ1n) is 7.29. The fourth-order valence-corrected chi connectivity index (χ4v) is 2.43. The van der Waals surface area contributed by atoms with Crippen molar-refractivity contribution in [1.29, 1.82) is 0 Å². The molecule has 24 heavy (non-hydrogen) atoms. The van der Waals surface area contributed by atoms with Gasteiger partial charge in [-0.1, -0.05) is 17.7 Å². The predicted molar refractivity (Wildman–Crippen MR) is 95.5 cm³/mol. The van der Waals surface area contributed by atoms with E-state index in [4.69, 9.17) is 21.1 Å². The van der Waals surface area contributed by atoms with E-state index in [1.165, 1.54) is 6.21 Å². The first kappa shape index (κ1) is 17.8. The molecular formula is C18H19ClN2O3. The molecule has 0 spiro atoms. The molecule has 1 amide bonds. The number of hydrogen-bond acceptors (Lipinski definition) is 4. The van der Waals surface area contributed by atoms with E-state index in [1.807, 2.05) is 26.0 Å². The average molecular weight is 347 g/mol. The molecular weight excluding hydrogens is 328 g/mol. The van der Waals surface area contributed by atoms with Crippen molar-refractivity contribution in [2.24, 2.45) is 5.10 Å². The zero-order chi connectivity index (χ0) is 17.7. The molecule has 126 valence electrons. The topological polar surface area (TPSA) is 59.9 Å². The molecule has 0 aliphatic rings. The molecule has 2 rings (SSSR count). The maximum Gasteiger partial charge on any atom is 0.271 e. The van der Waals surface area contributed by atoms with Crippen LogP contribution in [-0.4, -0.2) is 26.3 Å². The lowest BCUT2D eigenvalue weighted by Crippen LogP contribution is -2.17. The van der Waals surface area contributed by atoms with E-state index in [0.29, 0.717) is 16.3 Å². The number of amides is 1. The van der Waals surface area contributed by atoms with Crippen LogP contribution in [0.4, 0.5) is 0 Å². The van der Waals surface area contributed by atoms with E-state index >= 15 is 0 Å². The van der Waals surface area contributed by atoms with Gasteiger partial charge >= 0.3 is 0 Å². The Morgan fingerprint density at radius 3 is 2.54 bits per heavy atom. The number of nitrogens with zero attached hydrogens (tertiary/aromatic N) is 1. The molecule has 2 aromatic rings. The molecule has 0 saturated heterocycles. The lowest BCUT2D eigenvalue weighted by molar-refractivity contribution is 0.0955. The summed E-state index contributed by atoms with van der Waals surface area (Å²) in [6.07, 6.45) is 1.53. The van der Waals surface area contributed by atoms with Crippen LogP contribution >= 0.6 is 11.6 Å². The Hall–Kier alpha value is -2.53. The molecule has 0 radical (unpaired) electrons. The normalized spacial score (nSPS) is 10.7. The summed E-state index contributed by atoms with van der Waals surface area (Å²) in [5, 5.41) is 4.53. The Labute approximate surface area is 146 Å². The predicted octanol–water partition coefficient (Wildman–Crippen LogP) is 3.74. The van der Waals surface area contributed by atoms with Gasteiger partial charge < -0.3 is 9.47 Å². The van der Waals surface area contributed by atoms with Gasteiger partial charge in [0, 0.05) is 21.7 Å². The number of methoxy groups -OCH3 is 2. The van der Waals surface area contributed by atoms with Gasteiger partial charge in [0.2, 0.25) is 0 Å². The Bertz CT molecular complexity index is 788. The highest BCUT2D eigenvalue weighted by molar-refractivity contribution is 6.31. The van der Waals surface area contributed by atoms with Gasteiger partial charge in [0.15, 0.2) is 0 Å². The Balaban J connectivity index is 2.15. The summed E-state index contributed by atoms with van der Waals surface area (Å²) in [5.74, 6) is 1.03. The molecule has 0 heterocycles. The quantitative estimate of drug-likeness (QED) is 0.662. The van der Waals surface area contributed by atoms with Gasteiger partial charge in [0.25, 0.3) is 5.91 Å². The van der Waals surface area contributed by atoms with Crippen molar-refractivity contribution >= 4 is 23.7 Å². The number of carbonyl (C=O) groups excluding carboxylic acids is 1. The minimum Gasteiger partial charge on any atom is -0.496 e. The smallest absolute Gasteiger partial charge is 0.271 e. The molecule has 0 aliphatic carbocycles. The van der Waals surface area contributed by atoms with E-state index in [0.717, 1.165) is 22.4 Å². The second kappa shape index (κ2) is 7.84. The Kier molecular flexibility index (Phi) is 5.82. The van der Waals surface area contributed by atoms with Crippen LogP contribution < -0.4 is 14.9 Å². The van der Waals surface area contributed by atoms with Gasteiger partial charge in [-0.2, -0.15) is 5.10 Å². The van der Waals surface area contributed by atoms with Crippen molar-refractivity contribution in [2.75, 3.05) is 14.2 Å². The van der Waals surface area contributed by atoms with Crippen LogP contribution in [0.5, 0.6) is 11.5 Å². The monoisotopic (exact) mass is 346 g/mol. The number of hydrogen-bond donors (Lipinski definition) is 1. The van der Waals surface area contributed by atoms with Crippen LogP contribution in [0.3, 0.4) is 0 Å². The molecule has 2 aromatic carbocycles. The Morgan fingerprint density at radius 1 is 1.17 bits per heavy atom. The maximum atomic E-state index is 12.1. The third kappa shape index (κ3) is 3.86. The molecule has 0 bridgehead atoms. The molecule has 0 fully saturated rings. The number of carbonyl (C=O) groups is 1. The molecule has 0 atom stereocenters. The number of aryl methyl sites for hydroxylation is 1. The van der Waals surface area contributed by atoms with Gasteiger partial charge in [-0.3, -0.25) is 4.79 Å². The van der Waals surface area contributed by atoms with Crippen LogP contribution in [0.1, 0.15) is 27.0 Å². The van der Waals surface area contributed by atoms with E-state index in [2.05, 4.69) is 10.5 Å². The SMILES string of the molecule is COc1ccc(/C=N\NC(=O)c2ccc(C)c(Cl)c2)c(OC)c1C. The summed E-state index contributed by atoms with van der Waals surface area (Å²) in [5.41, 5.74) is 5.43. The number of ether oxygens (including phenoxy) is 2. The molecule has 0 unspecified atom stereocenters. The van der Waals surface area contributed by atoms with Gasteiger partial charge in [-0.15, -0.1) is 0 Å². The minimum atomic E-state index is -0.336. The number of nitrogens with one attached hydrogen (secondary N) is 1. The largest absolute Gasteiger partial charge is 0.496 e. The van der Waals surface area contributed by atoms with Crippen LogP contribution in [-0.2, 0) is 0 Å². The highest BCUT2D eigenvalue weighted by Crippen LogP contribution is 2.30. The van der Waals surface area contributed by atoms with Crippen molar-refractivity contribution in [3.63, 3.8) is 0 Å². The molecule has 6 heteroatoms. The van der Waals surface area contributed by atoms with Crippen LogP contribution in [0.2, 0.25) is 5.02 Å². The zero-order valence-corrected chi connectivity index (χ0v) is 14.8. The summed E-state index contributed by atoms with van der Waals surface area (Å²) in [6, 6.07) is 8.73. The third-order valence-corrected chi connectivity index (χ3v) is 4.02. The second-order valence-corrected chi connectivity index (χ2v) is 5.59. The van der Waals surface area contributed by atoms with E-state index < -0.39 is 0 Å². The lowest BCUT2D eigenvalue weighted by atomic mass is 10.1. The van der Waals surface area contributed by atoms with Crippen molar-refractivity contribution in [2.45, 2.75) is 13.8 Å². The van der Waals surface area contributed by atoms with Gasteiger partial charge in [0.05, 0.1) is 20.4 Å². The Morgan fingerprint density at radius 2 is 1.92 bits per heavy atom. The highest BCUT2D eigenvalue weighted by Gasteiger charge is 2.10. The third-order valence-electron chi connectivity index (χ3n) is 3.61. The molecule has 0 saturated carbocycles. The zero-order valence-electron chi connectivity index (χ0n) is 14.0. The van der Waals surface area contributed by atoms with Crippen LogP contribution in [0.25, 0.3) is 0 Å². The van der Waals surface area contributed by atoms with Crippen molar-refractivity contribution in [3.8, 4) is 11.5 Å². The van der Waals surface area contributed by atoms with Crippen molar-refractivity contribution in [1.82, 2.24) is 5.43 Å². The fraction of sp³-hybridized carbons (Fsp3) is 0.222. The van der Waals surface area contributed by atoms with Crippen LogP contribution in [0.15, 0.2) is 35.4 Å². The van der Waals surface area contributed by atoms with Crippen LogP contribution in [0, 0.1) is 13.8 Å². The lowest BCUT2D eigenvalue weighted by Gasteiger charge is -2.11. The van der Waals surface area contributed by atoms with Gasteiger partial charge in [-0.05, 0) is 43.7 Å². The van der Waals surface area contributed by atoms with E-state index in [1.54, 1.807) is 32.4 Å². The summed E-state index contributed by atoms with van der Waals surface area (Å²) >= 11 is 6.03. The summed E-state index contributed by atoms with van der Waals surface area (Å²) in [7, 11) is 3.18. The molecule has 0 aliphatic heterocycles. The molecule has 0 aromatic heterocycles. The minimum absolute atomic E-state index is 0.336. The summed E-state index contributed by atoms with van der Waals surface area (Å²) in [6.45, 7) is 3.77. The van der Waals surface area contributed by atoms with Crippen molar-refractivity contribution < 1.29 is 14.3 Å². The number of rotatable bonds is 5. The standard InChI is InChI=1S/C18H19ClN2O3/c1-11-5-6-13(9-15(11)19)18(22)21-20-10-14-7-8-16(23-3)12(2)17(14)24-4/h5-10H,1-4H3,(H,21,22)/b20-10-. The maximum absolute atomic E-state index is 12.1. The van der Waals surface area contributed by atoms with E-state index in [9.17, 15) is 4.79 Å². The van der Waals surface area contributed by atoms with Gasteiger partial charge in [-0.25, -0.2) is 5.43 Å². The average Bonchev–Trinajstić information content (AvgIpc) is 2.57. The van der Waals surface area contributed by atoms with E-state index in [-0.39, 0.29) is 5.91 Å².